The number of urea groups is 1. The van der Waals surface area contributed by atoms with Crippen molar-refractivity contribution in [2.45, 2.75) is 29.9 Å². The number of thioether (sulfide) groups is 1. The fourth-order valence-electron chi connectivity index (χ4n) is 4.13. The van der Waals surface area contributed by atoms with Crippen LogP contribution < -0.4 is 10.2 Å². The number of aromatic nitrogens is 1. The lowest BCUT2D eigenvalue weighted by Crippen LogP contribution is -2.40. The number of ether oxygens (including phenoxy) is 1. The first-order chi connectivity index (χ1) is 16.1. The van der Waals surface area contributed by atoms with Crippen LogP contribution >= 0.6 is 39.0 Å². The Morgan fingerprint density at radius 2 is 2.09 bits per heavy atom. The van der Waals surface area contributed by atoms with Crippen LogP contribution in [0.2, 0.25) is 0 Å². The molecule has 1 aromatic heterocycles. The third-order valence-electron chi connectivity index (χ3n) is 5.41. The first-order valence-electron chi connectivity index (χ1n) is 10.6. The molecule has 4 rings (SSSR count). The van der Waals surface area contributed by atoms with E-state index in [1.807, 2.05) is 17.0 Å². The van der Waals surface area contributed by atoms with Gasteiger partial charge in [0.1, 0.15) is 0 Å². The van der Waals surface area contributed by atoms with Gasteiger partial charge in [-0.25, -0.2) is 9.78 Å². The van der Waals surface area contributed by atoms with Crippen LogP contribution in [0.3, 0.4) is 0 Å². The van der Waals surface area contributed by atoms with Crippen LogP contribution in [0.25, 0.3) is 0 Å². The summed E-state index contributed by atoms with van der Waals surface area (Å²) < 4.78 is 6.83. The average molecular weight is 572 g/mol. The van der Waals surface area contributed by atoms with Gasteiger partial charge in [-0.3, -0.25) is 19.8 Å². The summed E-state index contributed by atoms with van der Waals surface area (Å²) in [7, 11) is 2.13. The van der Waals surface area contributed by atoms with Crippen LogP contribution in [0.15, 0.2) is 33.1 Å². The number of benzene rings is 1. The van der Waals surface area contributed by atoms with Crippen LogP contribution in [0, 0.1) is 0 Å². The van der Waals surface area contributed by atoms with Gasteiger partial charge in [0.25, 0.3) is 5.97 Å². The summed E-state index contributed by atoms with van der Waals surface area (Å²) in [5, 5.41) is 10.9. The predicted octanol–water partition coefficient (Wildman–Crippen LogP) is 4.28. The van der Waals surface area contributed by atoms with Crippen LogP contribution in [-0.2, 0) is 19.7 Å². The van der Waals surface area contributed by atoms with E-state index in [0.29, 0.717) is 18.3 Å². The number of likely N-dealkylation sites (tertiary alicyclic amines) is 1. The molecule has 1 spiro atoms. The van der Waals surface area contributed by atoms with Crippen molar-refractivity contribution in [3.8, 4) is 0 Å². The fraction of sp³-hybridized carbons (Fsp3) is 0.455. The van der Waals surface area contributed by atoms with E-state index in [-0.39, 0.29) is 23.2 Å². The van der Waals surface area contributed by atoms with Crippen molar-refractivity contribution >= 4 is 67.8 Å². The molecule has 1 saturated heterocycles. The molecule has 2 amide bonds. The Hall–Kier alpha value is -2.15. The van der Waals surface area contributed by atoms with Crippen LogP contribution in [0.4, 0.5) is 15.6 Å². The number of likely N-dealkylation sites (N-methyl/N-ethyl adjacent to an activating group) is 1. The summed E-state index contributed by atoms with van der Waals surface area (Å²) >= 11 is 6.30. The van der Waals surface area contributed by atoms with E-state index >= 15 is 0 Å². The molecule has 1 atom stereocenters. The second-order valence-corrected chi connectivity index (χ2v) is 11.3. The molecule has 2 aliphatic rings. The first-order valence-corrected chi connectivity index (χ1v) is 13.2. The fourth-order valence-corrected chi connectivity index (χ4v) is 6.15. The van der Waals surface area contributed by atoms with Crippen molar-refractivity contribution in [2.75, 3.05) is 49.3 Å². The van der Waals surface area contributed by atoms with E-state index in [2.05, 4.69) is 44.2 Å². The van der Waals surface area contributed by atoms with Gasteiger partial charge in [-0.15, -0.1) is 11.8 Å². The Morgan fingerprint density at radius 3 is 2.74 bits per heavy atom. The lowest BCUT2D eigenvalue weighted by Gasteiger charge is -2.25. The zero-order valence-corrected chi connectivity index (χ0v) is 22.4. The van der Waals surface area contributed by atoms with Gasteiger partial charge in [-0.05, 0) is 50.7 Å². The van der Waals surface area contributed by atoms with Gasteiger partial charge < -0.3 is 14.7 Å². The summed E-state index contributed by atoms with van der Waals surface area (Å²) in [6.07, 6.45) is 2.70. The molecule has 0 radical (unpaired) electrons. The number of carboxylic acid groups (broad SMARTS) is 1. The van der Waals surface area contributed by atoms with E-state index in [4.69, 9.17) is 14.6 Å². The first kappa shape index (κ1) is 26.5. The van der Waals surface area contributed by atoms with Crippen molar-refractivity contribution in [3.05, 3.63) is 34.4 Å². The molecule has 2 aliphatic heterocycles. The number of thiazole rings is 1. The molecule has 3 heterocycles. The van der Waals surface area contributed by atoms with Gasteiger partial charge in [0.2, 0.25) is 0 Å². The van der Waals surface area contributed by atoms with Gasteiger partial charge in [-0.2, -0.15) is 0 Å². The molecular formula is C22H27BrN4O5S2. The quantitative estimate of drug-likeness (QED) is 0.404. The molecule has 2 N–H and O–H groups in total. The van der Waals surface area contributed by atoms with Crippen molar-refractivity contribution in [2.24, 2.45) is 0 Å². The Labute approximate surface area is 215 Å². The molecule has 2 aromatic rings. The maximum absolute atomic E-state index is 13.1. The number of carbonyl (C=O) groups is 3. The number of aliphatic carboxylic acids is 1. The highest BCUT2D eigenvalue weighted by molar-refractivity contribution is 9.10. The molecular weight excluding hydrogens is 544 g/mol. The van der Waals surface area contributed by atoms with Crippen molar-refractivity contribution < 1.29 is 24.2 Å². The number of carboxylic acids is 1. The number of hydrogen-bond acceptors (Lipinski definition) is 8. The Kier molecular flexibility index (Phi) is 8.96. The molecule has 34 heavy (non-hydrogen) atoms. The molecule has 0 unspecified atom stereocenters. The molecule has 0 bridgehead atoms. The molecule has 0 saturated carbocycles. The maximum Gasteiger partial charge on any atom is 0.328 e. The van der Waals surface area contributed by atoms with E-state index in [1.54, 1.807) is 13.1 Å². The number of nitrogens with zero attached hydrogens (tertiary/aromatic N) is 3. The van der Waals surface area contributed by atoms with Crippen LogP contribution in [0.5, 0.6) is 0 Å². The van der Waals surface area contributed by atoms with Gasteiger partial charge >= 0.3 is 12.0 Å². The standard InChI is InChI=1S/C20H23BrN4O3S2.C2H4O2/c1-3-28-16(26)10-29-17-9-22-18(30-17)23-19(27)25-12-20(6-7-24(2)11-20)14-8-13(21)4-5-15(14)25;1-2(3)4/h4-5,8-9H,3,6-7,10-12H2,1-2H3,(H,22,23,27);1H3,(H,3,4)/t20-;/m1./s1. The summed E-state index contributed by atoms with van der Waals surface area (Å²) in [5.41, 5.74) is 2.15. The number of fused-ring (bicyclic) bond motifs is 2. The minimum absolute atomic E-state index is 0.0330. The molecule has 1 aromatic carbocycles. The number of hydrogen-bond donors (Lipinski definition) is 2. The highest BCUT2D eigenvalue weighted by Crippen LogP contribution is 2.47. The molecule has 184 valence electrons. The molecule has 0 aliphatic carbocycles. The lowest BCUT2D eigenvalue weighted by atomic mass is 9.82. The number of esters is 1. The van der Waals surface area contributed by atoms with Crippen molar-refractivity contribution in [3.63, 3.8) is 0 Å². The highest BCUT2D eigenvalue weighted by atomic mass is 79.9. The third kappa shape index (κ3) is 6.49. The Morgan fingerprint density at radius 1 is 1.35 bits per heavy atom. The van der Waals surface area contributed by atoms with Gasteiger partial charge in [0.15, 0.2) is 5.13 Å². The highest BCUT2D eigenvalue weighted by Gasteiger charge is 2.48. The summed E-state index contributed by atoms with van der Waals surface area (Å²) in [6.45, 7) is 5.85. The zero-order valence-electron chi connectivity index (χ0n) is 19.2. The Bertz CT molecular complexity index is 1060. The second-order valence-electron chi connectivity index (χ2n) is 8.04. The van der Waals surface area contributed by atoms with Gasteiger partial charge in [0, 0.05) is 35.6 Å². The molecule has 12 heteroatoms. The monoisotopic (exact) mass is 570 g/mol. The van der Waals surface area contributed by atoms with Gasteiger partial charge in [0.05, 0.1) is 22.8 Å². The van der Waals surface area contributed by atoms with E-state index in [9.17, 15) is 9.59 Å². The smallest absolute Gasteiger partial charge is 0.328 e. The maximum atomic E-state index is 13.1. The number of carbonyl (C=O) groups excluding carboxylic acids is 2. The van der Waals surface area contributed by atoms with Gasteiger partial charge in [-0.1, -0.05) is 27.3 Å². The normalized spacial score (nSPS) is 18.9. The van der Waals surface area contributed by atoms with Crippen molar-refractivity contribution in [1.82, 2.24) is 9.88 Å². The summed E-state index contributed by atoms with van der Waals surface area (Å²) in [5.74, 6) is -0.860. The van der Waals surface area contributed by atoms with Crippen molar-refractivity contribution in [1.29, 1.82) is 0 Å². The third-order valence-corrected chi connectivity index (χ3v) is 7.98. The van der Waals surface area contributed by atoms with E-state index < -0.39 is 5.97 Å². The summed E-state index contributed by atoms with van der Waals surface area (Å²) in [4.78, 5) is 42.1. The second kappa shape index (κ2) is 11.5. The predicted molar refractivity (Wildman–Crippen MR) is 137 cm³/mol. The largest absolute Gasteiger partial charge is 0.481 e. The number of halogens is 1. The van der Waals surface area contributed by atoms with Crippen LogP contribution in [-0.4, -0.2) is 72.0 Å². The Balaban J connectivity index is 0.000000751. The molecule has 9 nitrogen and oxygen atoms in total. The minimum atomic E-state index is -0.833. The summed E-state index contributed by atoms with van der Waals surface area (Å²) in [6, 6.07) is 5.95. The van der Waals surface area contributed by atoms with E-state index in [1.165, 1.54) is 28.7 Å². The average Bonchev–Trinajstić information content (AvgIpc) is 3.45. The topological polar surface area (TPSA) is 112 Å². The number of anilines is 2. The van der Waals surface area contributed by atoms with Crippen LogP contribution in [0.1, 0.15) is 25.8 Å². The lowest BCUT2D eigenvalue weighted by molar-refractivity contribution is -0.140. The zero-order chi connectivity index (χ0) is 24.9. The van der Waals surface area contributed by atoms with E-state index in [0.717, 1.165) is 40.8 Å². The molecule has 1 fully saturated rings. The number of amides is 2. The number of rotatable bonds is 5. The minimum Gasteiger partial charge on any atom is -0.481 e. The SMILES string of the molecule is CC(=O)O.CCOC(=O)CSc1cnc(NC(=O)N2C[C@]3(CCN(C)C3)c3cc(Br)ccc32)s1. The number of nitrogens with one attached hydrogen (secondary N) is 1.